The molecule has 0 fully saturated rings. The molecule has 0 heterocycles. The quantitative estimate of drug-likeness (QED) is 0.642. The van der Waals surface area contributed by atoms with Gasteiger partial charge in [0.15, 0.2) is 0 Å². The van der Waals surface area contributed by atoms with Crippen LogP contribution in [0.25, 0.3) is 0 Å². The van der Waals surface area contributed by atoms with Gasteiger partial charge in [-0.1, -0.05) is 0 Å². The molecule has 0 unspecified atom stereocenters. The van der Waals surface area contributed by atoms with Crippen LogP contribution in [0.2, 0.25) is 0 Å². The summed E-state index contributed by atoms with van der Waals surface area (Å²) in [6, 6.07) is 5.43. The zero-order chi connectivity index (χ0) is 8.97. The van der Waals surface area contributed by atoms with Gasteiger partial charge in [0.05, 0.1) is 5.56 Å². The zero-order valence-corrected chi connectivity index (χ0v) is 6.12. The number of halogens is 1. The van der Waals surface area contributed by atoms with Crippen LogP contribution in [0.15, 0.2) is 18.2 Å². The molecule has 1 rings (SSSR count). The Hall–Kier alpha value is -1.54. The van der Waals surface area contributed by atoms with Crippen molar-refractivity contribution in [3.63, 3.8) is 0 Å². The number of nitriles is 1. The minimum atomic E-state index is -0.650. The highest BCUT2D eigenvalue weighted by atomic mass is 19.1. The second kappa shape index (κ2) is 3.74. The van der Waals surface area contributed by atoms with Crippen molar-refractivity contribution in [1.29, 1.82) is 5.26 Å². The molecule has 0 aromatic heterocycles. The van der Waals surface area contributed by atoms with E-state index in [4.69, 9.17) is 10.3 Å². The number of rotatable bonds is 2. The van der Waals surface area contributed by atoms with Gasteiger partial charge < -0.3 is 9.68 Å². The third kappa shape index (κ3) is 1.74. The molecule has 0 bridgehead atoms. The maximum absolute atomic E-state index is 12.8. The SMILES string of the molecule is N#Cc1ccc(OBO)cc1F. The average molecular weight is 165 g/mol. The highest BCUT2D eigenvalue weighted by Gasteiger charge is 2.02. The molecule has 3 nitrogen and oxygen atoms in total. The summed E-state index contributed by atoms with van der Waals surface area (Å²) in [5.74, 6) is -0.447. The predicted molar refractivity (Wildman–Crippen MR) is 41.1 cm³/mol. The lowest BCUT2D eigenvalue weighted by molar-refractivity contribution is 0.451. The Morgan fingerprint density at radius 3 is 2.83 bits per heavy atom. The lowest BCUT2D eigenvalue weighted by atomic mass is 10.2. The standard InChI is InChI=1S/C7H5BFNO2/c9-7-3-6(12-8-11)2-1-5(7)4-10/h1-3,8,11H. The molecular formula is C7H5BFNO2. The van der Waals surface area contributed by atoms with Gasteiger partial charge in [-0.3, -0.25) is 0 Å². The second-order valence-corrected chi connectivity index (χ2v) is 2.03. The van der Waals surface area contributed by atoms with Gasteiger partial charge >= 0.3 is 7.69 Å². The third-order valence-electron chi connectivity index (χ3n) is 1.29. The molecule has 0 saturated heterocycles. The van der Waals surface area contributed by atoms with Crippen molar-refractivity contribution in [3.8, 4) is 11.8 Å². The van der Waals surface area contributed by atoms with E-state index >= 15 is 0 Å². The molecule has 0 amide bonds. The Morgan fingerprint density at radius 1 is 1.58 bits per heavy atom. The monoisotopic (exact) mass is 165 g/mol. The van der Waals surface area contributed by atoms with Gasteiger partial charge in [0, 0.05) is 6.07 Å². The summed E-state index contributed by atoms with van der Waals surface area (Å²) >= 11 is 0. The minimum absolute atomic E-state index is 0.0414. The van der Waals surface area contributed by atoms with E-state index < -0.39 is 13.5 Å². The van der Waals surface area contributed by atoms with Crippen LogP contribution < -0.4 is 4.65 Å². The van der Waals surface area contributed by atoms with E-state index in [1.54, 1.807) is 6.07 Å². The Labute approximate surface area is 69.3 Å². The van der Waals surface area contributed by atoms with Crippen LogP contribution in [0.3, 0.4) is 0 Å². The molecule has 0 atom stereocenters. The summed E-state index contributed by atoms with van der Waals surface area (Å²) in [5, 5.41) is 16.7. The first-order valence-electron chi connectivity index (χ1n) is 3.21. The molecule has 0 saturated carbocycles. The van der Waals surface area contributed by atoms with Gasteiger partial charge in [0.25, 0.3) is 0 Å². The third-order valence-corrected chi connectivity index (χ3v) is 1.29. The zero-order valence-electron chi connectivity index (χ0n) is 6.12. The molecule has 12 heavy (non-hydrogen) atoms. The van der Waals surface area contributed by atoms with Gasteiger partial charge in [-0.15, -0.1) is 0 Å². The van der Waals surface area contributed by atoms with E-state index in [9.17, 15) is 4.39 Å². The Balaban J connectivity index is 2.96. The van der Waals surface area contributed by atoms with E-state index in [-0.39, 0.29) is 11.3 Å². The Morgan fingerprint density at radius 2 is 2.33 bits per heavy atom. The highest BCUT2D eigenvalue weighted by Crippen LogP contribution is 2.15. The van der Waals surface area contributed by atoms with Crippen molar-refractivity contribution in [3.05, 3.63) is 29.6 Å². The first-order valence-corrected chi connectivity index (χ1v) is 3.21. The van der Waals surface area contributed by atoms with Crippen molar-refractivity contribution in [2.45, 2.75) is 0 Å². The molecule has 0 aliphatic heterocycles. The molecule has 1 aromatic carbocycles. The maximum Gasteiger partial charge on any atom is 0.504 e. The largest absolute Gasteiger partial charge is 0.539 e. The van der Waals surface area contributed by atoms with Crippen molar-refractivity contribution in [1.82, 2.24) is 0 Å². The van der Waals surface area contributed by atoms with E-state index in [2.05, 4.69) is 4.65 Å². The molecule has 0 spiro atoms. The van der Waals surface area contributed by atoms with Crippen LogP contribution in [0.4, 0.5) is 4.39 Å². The van der Waals surface area contributed by atoms with E-state index in [1.807, 2.05) is 0 Å². The van der Waals surface area contributed by atoms with Crippen LogP contribution in [0.5, 0.6) is 5.75 Å². The van der Waals surface area contributed by atoms with Crippen LogP contribution >= 0.6 is 0 Å². The molecule has 1 aromatic rings. The smallest absolute Gasteiger partial charge is 0.504 e. The van der Waals surface area contributed by atoms with Crippen LogP contribution in [0.1, 0.15) is 5.56 Å². The summed E-state index contributed by atoms with van der Waals surface area (Å²) in [6.45, 7) is 0. The van der Waals surface area contributed by atoms with Gasteiger partial charge in [0.1, 0.15) is 17.6 Å². The van der Waals surface area contributed by atoms with E-state index in [1.165, 1.54) is 12.1 Å². The topological polar surface area (TPSA) is 53.2 Å². The fourth-order valence-corrected chi connectivity index (χ4v) is 0.751. The molecule has 0 radical (unpaired) electrons. The lowest BCUT2D eigenvalue weighted by Gasteiger charge is -2.01. The first kappa shape index (κ1) is 8.56. The van der Waals surface area contributed by atoms with Crippen molar-refractivity contribution in [2.24, 2.45) is 0 Å². The first-order chi connectivity index (χ1) is 5.77. The van der Waals surface area contributed by atoms with Crippen LogP contribution in [-0.4, -0.2) is 12.7 Å². The summed E-state index contributed by atoms with van der Waals surface area (Å²) < 4.78 is 17.4. The minimum Gasteiger partial charge on any atom is -0.539 e. The Kier molecular flexibility index (Phi) is 2.67. The van der Waals surface area contributed by atoms with Gasteiger partial charge in [-0.2, -0.15) is 5.26 Å². The molecule has 1 N–H and O–H groups in total. The average Bonchev–Trinajstić information content (AvgIpc) is 2.05. The maximum atomic E-state index is 12.8. The van der Waals surface area contributed by atoms with Crippen LogP contribution in [-0.2, 0) is 0 Å². The summed E-state index contributed by atoms with van der Waals surface area (Å²) in [6.07, 6.45) is 0. The fraction of sp³-hybridized carbons (Fsp3) is 0. The highest BCUT2D eigenvalue weighted by molar-refractivity contribution is 6.17. The molecule has 5 heteroatoms. The molecular weight excluding hydrogens is 160 g/mol. The molecule has 0 aliphatic carbocycles. The lowest BCUT2D eigenvalue weighted by Crippen LogP contribution is -2.00. The second-order valence-electron chi connectivity index (χ2n) is 2.03. The fourth-order valence-electron chi connectivity index (χ4n) is 0.751. The molecule has 0 aliphatic rings. The summed E-state index contributed by atoms with van der Waals surface area (Å²) in [4.78, 5) is 0. The normalized spacial score (nSPS) is 8.75. The number of benzene rings is 1. The van der Waals surface area contributed by atoms with Crippen LogP contribution in [0, 0.1) is 17.1 Å². The van der Waals surface area contributed by atoms with Gasteiger partial charge in [-0.05, 0) is 12.1 Å². The van der Waals surface area contributed by atoms with Gasteiger partial charge in [-0.25, -0.2) is 4.39 Å². The number of nitrogens with zero attached hydrogens (tertiary/aromatic N) is 1. The van der Waals surface area contributed by atoms with Crippen molar-refractivity contribution in [2.75, 3.05) is 0 Å². The van der Waals surface area contributed by atoms with Crippen molar-refractivity contribution >= 4 is 7.69 Å². The van der Waals surface area contributed by atoms with Gasteiger partial charge in [0.2, 0.25) is 0 Å². The van der Waals surface area contributed by atoms with E-state index in [0.29, 0.717) is 0 Å². The summed E-state index contributed by atoms with van der Waals surface area (Å²) in [7, 11) is -0.509. The Bertz CT molecular complexity index is 324. The van der Waals surface area contributed by atoms with Crippen molar-refractivity contribution < 1.29 is 14.1 Å². The van der Waals surface area contributed by atoms with E-state index in [0.717, 1.165) is 6.07 Å². The molecule has 60 valence electrons. The number of hydrogen-bond donors (Lipinski definition) is 1. The number of hydrogen-bond acceptors (Lipinski definition) is 3. The predicted octanol–water partition coefficient (Wildman–Crippen LogP) is 0.335. The summed E-state index contributed by atoms with van der Waals surface area (Å²) in [5.41, 5.74) is -0.0414.